The first kappa shape index (κ1) is 9.62. The van der Waals surface area contributed by atoms with Crippen molar-refractivity contribution in [3.8, 4) is 18.0 Å². The van der Waals surface area contributed by atoms with Gasteiger partial charge in [-0.05, 0) is 0 Å². The van der Waals surface area contributed by atoms with Gasteiger partial charge >= 0.3 is 0 Å². The zero-order valence-electron chi connectivity index (χ0n) is 7.88. The minimum absolute atomic E-state index is 0.00424. The zero-order valence-corrected chi connectivity index (χ0v) is 7.88. The second-order valence-corrected chi connectivity index (χ2v) is 2.80. The van der Waals surface area contributed by atoms with Crippen LogP contribution in [0, 0.1) is 22.7 Å². The molecule has 2 aromatic rings. The van der Waals surface area contributed by atoms with Crippen molar-refractivity contribution in [1.82, 2.24) is 19.5 Å². The molecule has 0 aliphatic rings. The number of rotatable bonds is 1. The summed E-state index contributed by atoms with van der Waals surface area (Å²) in [5, 5.41) is 17.6. The van der Waals surface area contributed by atoms with Crippen molar-refractivity contribution in [2.45, 2.75) is 0 Å². The van der Waals surface area contributed by atoms with Crippen molar-refractivity contribution in [2.24, 2.45) is 0 Å². The Morgan fingerprint density at radius 2 is 2.12 bits per heavy atom. The molecule has 0 aromatic carbocycles. The average Bonchev–Trinajstić information content (AvgIpc) is 2.71. The summed E-state index contributed by atoms with van der Waals surface area (Å²) < 4.78 is 1.29. The zero-order chi connectivity index (χ0) is 11.5. The van der Waals surface area contributed by atoms with E-state index in [0.29, 0.717) is 0 Å². The van der Waals surface area contributed by atoms with Crippen LogP contribution < -0.4 is 5.56 Å². The Morgan fingerprint density at radius 1 is 1.31 bits per heavy atom. The Kier molecular flexibility index (Phi) is 2.21. The van der Waals surface area contributed by atoms with Crippen molar-refractivity contribution >= 4 is 0 Å². The summed E-state index contributed by atoms with van der Waals surface area (Å²) in [5.41, 5.74) is -0.286. The molecule has 2 heterocycles. The molecule has 0 saturated carbocycles. The molecule has 2 rings (SSSR count). The number of H-pyrrole nitrogens is 1. The largest absolute Gasteiger partial charge is 0.313 e. The van der Waals surface area contributed by atoms with Gasteiger partial charge in [0.1, 0.15) is 24.3 Å². The van der Waals surface area contributed by atoms with Crippen molar-refractivity contribution in [3.63, 3.8) is 0 Å². The first-order valence-electron chi connectivity index (χ1n) is 4.19. The highest BCUT2D eigenvalue weighted by Crippen LogP contribution is 2.09. The van der Waals surface area contributed by atoms with Gasteiger partial charge in [-0.25, -0.2) is 9.97 Å². The molecule has 0 aliphatic carbocycles. The van der Waals surface area contributed by atoms with E-state index in [9.17, 15) is 4.79 Å². The fourth-order valence-electron chi connectivity index (χ4n) is 1.20. The maximum absolute atomic E-state index is 11.1. The number of hydrogen-bond donors (Lipinski definition) is 1. The molecular weight excluding hydrogens is 208 g/mol. The normalized spacial score (nSPS) is 9.38. The van der Waals surface area contributed by atoms with E-state index in [4.69, 9.17) is 10.5 Å². The monoisotopic (exact) mass is 212 g/mol. The van der Waals surface area contributed by atoms with Crippen LogP contribution in [-0.4, -0.2) is 19.5 Å². The van der Waals surface area contributed by atoms with Gasteiger partial charge in [0.2, 0.25) is 0 Å². The Balaban J connectivity index is 2.67. The molecule has 16 heavy (non-hydrogen) atoms. The van der Waals surface area contributed by atoms with Gasteiger partial charge in [-0.3, -0.25) is 9.36 Å². The van der Waals surface area contributed by atoms with Gasteiger partial charge in [0.05, 0.1) is 6.33 Å². The summed E-state index contributed by atoms with van der Waals surface area (Å²) in [6.07, 6.45) is 2.49. The maximum atomic E-state index is 11.1. The van der Waals surface area contributed by atoms with Crippen LogP contribution in [0.3, 0.4) is 0 Å². The molecule has 7 nitrogen and oxygen atoms in total. The van der Waals surface area contributed by atoms with Crippen molar-refractivity contribution < 1.29 is 0 Å². The molecule has 0 spiro atoms. The van der Waals surface area contributed by atoms with Gasteiger partial charge in [0.15, 0.2) is 11.4 Å². The van der Waals surface area contributed by atoms with Crippen molar-refractivity contribution in [3.05, 3.63) is 40.5 Å². The Hall–Kier alpha value is -2.93. The number of imidazole rings is 1. The van der Waals surface area contributed by atoms with Crippen LogP contribution in [0.4, 0.5) is 0 Å². The Bertz CT molecular complexity index is 668. The number of nitrogens with zero attached hydrogens (tertiary/aromatic N) is 5. The summed E-state index contributed by atoms with van der Waals surface area (Å²) in [6, 6.07) is 4.83. The highest BCUT2D eigenvalue weighted by Gasteiger charge is 2.12. The number of aromatic amines is 1. The Labute approximate surface area is 89.2 Å². The number of nitrogens with one attached hydrogen (secondary N) is 1. The van der Waals surface area contributed by atoms with Crippen LogP contribution in [0.15, 0.2) is 23.5 Å². The summed E-state index contributed by atoms with van der Waals surface area (Å²) in [4.78, 5) is 21.0. The standard InChI is InChI=1S/C9H4N6O/c10-2-6-7(3-11)15(5-14-6)8-1-9(16)13-4-12-8/h1,4-5H,(H,12,13,16). The molecule has 1 N–H and O–H groups in total. The van der Waals surface area contributed by atoms with Crippen LogP contribution >= 0.6 is 0 Å². The Morgan fingerprint density at radius 3 is 2.75 bits per heavy atom. The molecule has 76 valence electrons. The molecule has 0 amide bonds. The van der Waals surface area contributed by atoms with E-state index >= 15 is 0 Å². The summed E-state index contributed by atoms with van der Waals surface area (Å²) in [7, 11) is 0. The van der Waals surface area contributed by atoms with E-state index in [1.807, 2.05) is 6.07 Å². The molecule has 0 aliphatic heterocycles. The quantitative estimate of drug-likeness (QED) is 0.697. The molecule has 0 bridgehead atoms. The average molecular weight is 212 g/mol. The van der Waals surface area contributed by atoms with Crippen LogP contribution in [0.5, 0.6) is 0 Å². The lowest BCUT2D eigenvalue weighted by Gasteiger charge is -1.99. The summed E-state index contributed by atoms with van der Waals surface area (Å²) in [5.74, 6) is 0.245. The van der Waals surface area contributed by atoms with Crippen LogP contribution in [-0.2, 0) is 0 Å². The first-order valence-corrected chi connectivity index (χ1v) is 4.19. The third-order valence-corrected chi connectivity index (χ3v) is 1.89. The lowest BCUT2D eigenvalue weighted by molar-refractivity contribution is 0.945. The second kappa shape index (κ2) is 3.67. The highest BCUT2D eigenvalue weighted by molar-refractivity contribution is 5.41. The number of aromatic nitrogens is 4. The van der Waals surface area contributed by atoms with Gasteiger partial charge in [-0.15, -0.1) is 0 Å². The molecular formula is C9H4N6O. The van der Waals surface area contributed by atoms with E-state index in [1.165, 1.54) is 23.3 Å². The molecule has 0 radical (unpaired) electrons. The molecule has 0 unspecified atom stereocenters. The van der Waals surface area contributed by atoms with Gasteiger partial charge < -0.3 is 4.98 Å². The van der Waals surface area contributed by atoms with Crippen molar-refractivity contribution in [1.29, 1.82) is 10.5 Å². The summed E-state index contributed by atoms with van der Waals surface area (Å²) in [6.45, 7) is 0. The smallest absolute Gasteiger partial charge is 0.252 e. The van der Waals surface area contributed by atoms with E-state index in [0.717, 1.165) is 0 Å². The highest BCUT2D eigenvalue weighted by atomic mass is 16.1. The summed E-state index contributed by atoms with van der Waals surface area (Å²) >= 11 is 0. The van der Waals surface area contributed by atoms with Gasteiger partial charge in [0, 0.05) is 6.07 Å². The minimum atomic E-state index is -0.346. The van der Waals surface area contributed by atoms with E-state index < -0.39 is 0 Å². The van der Waals surface area contributed by atoms with E-state index in [2.05, 4.69) is 15.0 Å². The molecule has 0 saturated heterocycles. The second-order valence-electron chi connectivity index (χ2n) is 2.80. The lowest BCUT2D eigenvalue weighted by atomic mass is 10.3. The lowest BCUT2D eigenvalue weighted by Crippen LogP contribution is -2.09. The number of hydrogen-bond acceptors (Lipinski definition) is 5. The van der Waals surface area contributed by atoms with Gasteiger partial charge in [0.25, 0.3) is 5.56 Å². The van der Waals surface area contributed by atoms with Gasteiger partial charge in [-0.2, -0.15) is 10.5 Å². The number of nitriles is 2. The van der Waals surface area contributed by atoms with Crippen LogP contribution in [0.1, 0.15) is 11.4 Å². The fraction of sp³-hybridized carbons (Fsp3) is 0. The molecule has 7 heteroatoms. The predicted octanol–water partition coefficient (Wildman–Crippen LogP) is -0.301. The van der Waals surface area contributed by atoms with Crippen LogP contribution in [0.25, 0.3) is 5.82 Å². The predicted molar refractivity (Wildman–Crippen MR) is 51.4 cm³/mol. The first-order chi connectivity index (χ1) is 7.76. The molecule has 2 aromatic heterocycles. The minimum Gasteiger partial charge on any atom is -0.313 e. The van der Waals surface area contributed by atoms with Crippen molar-refractivity contribution in [2.75, 3.05) is 0 Å². The maximum Gasteiger partial charge on any atom is 0.252 e. The third-order valence-electron chi connectivity index (χ3n) is 1.89. The fourth-order valence-corrected chi connectivity index (χ4v) is 1.20. The topological polar surface area (TPSA) is 111 Å². The van der Waals surface area contributed by atoms with E-state index in [-0.39, 0.29) is 22.8 Å². The molecule has 0 fully saturated rings. The molecule has 0 atom stereocenters. The third kappa shape index (κ3) is 1.42. The van der Waals surface area contributed by atoms with E-state index in [1.54, 1.807) is 6.07 Å². The van der Waals surface area contributed by atoms with Gasteiger partial charge in [-0.1, -0.05) is 0 Å². The van der Waals surface area contributed by atoms with Crippen LogP contribution in [0.2, 0.25) is 0 Å². The SMILES string of the molecule is N#Cc1ncn(-c2cc(=O)[nH]cn2)c1C#N.